The van der Waals surface area contributed by atoms with Crippen LogP contribution in [-0.4, -0.2) is 37.0 Å². The summed E-state index contributed by atoms with van der Waals surface area (Å²) in [6, 6.07) is 3.90. The Morgan fingerprint density at radius 3 is 2.76 bits per heavy atom. The van der Waals surface area contributed by atoms with Crippen LogP contribution < -0.4 is 4.72 Å². The molecule has 0 amide bonds. The number of nitrogens with one attached hydrogen (secondary N) is 1. The minimum absolute atomic E-state index is 0.0451. The normalized spacial score (nSPS) is 19.4. The molecule has 1 fully saturated rings. The van der Waals surface area contributed by atoms with Crippen LogP contribution in [0.1, 0.15) is 29.6 Å². The summed E-state index contributed by atoms with van der Waals surface area (Å²) in [6.45, 7) is 0.403. The fourth-order valence-electron chi connectivity index (χ4n) is 2.10. The maximum Gasteiger partial charge on any atom is 0.335 e. The molecule has 5 nitrogen and oxygen atoms in total. The van der Waals surface area contributed by atoms with Crippen molar-refractivity contribution in [3.63, 3.8) is 0 Å². The Bertz CT molecular complexity index is 627. The van der Waals surface area contributed by atoms with Crippen molar-refractivity contribution in [1.29, 1.82) is 0 Å². The fraction of sp³-hybridized carbons (Fsp3) is 0.462. The number of carboxylic acids is 1. The van der Waals surface area contributed by atoms with Crippen LogP contribution in [-0.2, 0) is 10.0 Å². The first-order valence-corrected chi connectivity index (χ1v) is 9.87. The number of benzene rings is 1. The van der Waals surface area contributed by atoms with E-state index in [1.807, 2.05) is 0 Å². The second-order valence-corrected chi connectivity index (χ2v) is 8.79. The highest BCUT2D eigenvalue weighted by atomic mass is 79.9. The molecule has 1 saturated heterocycles. The Balaban J connectivity index is 2.10. The summed E-state index contributed by atoms with van der Waals surface area (Å²) in [5.41, 5.74) is 0.0451. The van der Waals surface area contributed by atoms with Crippen molar-refractivity contribution in [1.82, 2.24) is 4.72 Å². The molecule has 0 aromatic heterocycles. The molecule has 1 aromatic rings. The first-order chi connectivity index (χ1) is 9.90. The monoisotopic (exact) mass is 393 g/mol. The van der Waals surface area contributed by atoms with E-state index < -0.39 is 16.0 Å². The van der Waals surface area contributed by atoms with E-state index in [0.29, 0.717) is 11.8 Å². The molecule has 0 aliphatic carbocycles. The number of carbonyl (C=O) groups is 1. The van der Waals surface area contributed by atoms with Gasteiger partial charge >= 0.3 is 5.97 Å². The van der Waals surface area contributed by atoms with Gasteiger partial charge in [0.15, 0.2) is 0 Å². The third kappa shape index (κ3) is 4.45. The molecular weight excluding hydrogens is 378 g/mol. The number of hydrogen-bond donors (Lipinski definition) is 2. The first-order valence-electron chi connectivity index (χ1n) is 6.54. The number of rotatable bonds is 5. The van der Waals surface area contributed by atoms with Gasteiger partial charge in [-0.1, -0.05) is 6.42 Å². The van der Waals surface area contributed by atoms with Crippen molar-refractivity contribution in [3.8, 4) is 0 Å². The maximum absolute atomic E-state index is 12.3. The van der Waals surface area contributed by atoms with Crippen LogP contribution in [0.3, 0.4) is 0 Å². The van der Waals surface area contributed by atoms with Gasteiger partial charge in [-0.05, 0) is 52.7 Å². The van der Waals surface area contributed by atoms with E-state index in [4.69, 9.17) is 5.11 Å². The van der Waals surface area contributed by atoms with Crippen molar-refractivity contribution < 1.29 is 18.3 Å². The molecule has 0 spiro atoms. The SMILES string of the molecule is O=C(O)c1ccc(S(=O)(=O)NCC2CCCCS2)c(Br)c1. The molecule has 116 valence electrons. The average Bonchev–Trinajstić information content (AvgIpc) is 2.46. The van der Waals surface area contributed by atoms with E-state index in [0.717, 1.165) is 18.6 Å². The van der Waals surface area contributed by atoms with Gasteiger partial charge in [0.2, 0.25) is 10.0 Å². The topological polar surface area (TPSA) is 83.5 Å². The van der Waals surface area contributed by atoms with Gasteiger partial charge in [-0.3, -0.25) is 0 Å². The van der Waals surface area contributed by atoms with Crippen LogP contribution in [0.25, 0.3) is 0 Å². The summed E-state index contributed by atoms with van der Waals surface area (Å²) >= 11 is 4.92. The van der Waals surface area contributed by atoms with Crippen molar-refractivity contribution in [2.24, 2.45) is 0 Å². The average molecular weight is 394 g/mol. The first kappa shape index (κ1) is 16.8. The third-order valence-electron chi connectivity index (χ3n) is 3.24. The van der Waals surface area contributed by atoms with Crippen molar-refractivity contribution in [3.05, 3.63) is 28.2 Å². The lowest BCUT2D eigenvalue weighted by molar-refractivity contribution is 0.0696. The van der Waals surface area contributed by atoms with Crippen molar-refractivity contribution >= 4 is 43.7 Å². The van der Waals surface area contributed by atoms with E-state index in [1.54, 1.807) is 11.8 Å². The van der Waals surface area contributed by atoms with Gasteiger partial charge in [0, 0.05) is 16.3 Å². The highest BCUT2D eigenvalue weighted by Crippen LogP contribution is 2.26. The lowest BCUT2D eigenvalue weighted by atomic mass is 10.2. The Labute approximate surface area is 136 Å². The van der Waals surface area contributed by atoms with Gasteiger partial charge in [-0.15, -0.1) is 0 Å². The predicted molar refractivity (Wildman–Crippen MR) is 86.4 cm³/mol. The van der Waals surface area contributed by atoms with Gasteiger partial charge in [0.25, 0.3) is 0 Å². The Kier molecular flexibility index (Phi) is 5.70. The summed E-state index contributed by atoms with van der Waals surface area (Å²) in [6.07, 6.45) is 3.35. The van der Waals surface area contributed by atoms with Gasteiger partial charge in [0.05, 0.1) is 10.5 Å². The Hall–Kier alpha value is -0.570. The van der Waals surface area contributed by atoms with E-state index in [1.165, 1.54) is 24.6 Å². The number of hydrogen-bond acceptors (Lipinski definition) is 4. The van der Waals surface area contributed by atoms with Gasteiger partial charge in [-0.25, -0.2) is 17.9 Å². The van der Waals surface area contributed by atoms with E-state index in [2.05, 4.69) is 20.7 Å². The third-order valence-corrected chi connectivity index (χ3v) is 7.04. The number of halogens is 1. The zero-order valence-electron chi connectivity index (χ0n) is 11.2. The Morgan fingerprint density at radius 1 is 1.43 bits per heavy atom. The summed E-state index contributed by atoms with van der Waals surface area (Å²) in [4.78, 5) is 10.9. The quantitative estimate of drug-likeness (QED) is 0.803. The lowest BCUT2D eigenvalue weighted by Gasteiger charge is -2.21. The molecule has 2 rings (SSSR count). The molecule has 1 aromatic carbocycles. The minimum atomic E-state index is -3.64. The number of carboxylic acid groups (broad SMARTS) is 1. The predicted octanol–water partition coefficient (Wildman–Crippen LogP) is 2.71. The largest absolute Gasteiger partial charge is 0.478 e. The van der Waals surface area contributed by atoms with Crippen LogP contribution in [0.5, 0.6) is 0 Å². The van der Waals surface area contributed by atoms with Crippen molar-refractivity contribution in [2.75, 3.05) is 12.3 Å². The zero-order chi connectivity index (χ0) is 15.5. The second-order valence-electron chi connectivity index (χ2n) is 4.79. The molecule has 8 heteroatoms. The lowest BCUT2D eigenvalue weighted by Crippen LogP contribution is -2.32. The molecule has 0 bridgehead atoms. The summed E-state index contributed by atoms with van der Waals surface area (Å²) in [5.74, 6) is -0.0187. The number of sulfonamides is 1. The number of aromatic carboxylic acids is 1. The maximum atomic E-state index is 12.3. The van der Waals surface area contributed by atoms with E-state index in [9.17, 15) is 13.2 Å². The highest BCUT2D eigenvalue weighted by Gasteiger charge is 2.21. The summed E-state index contributed by atoms with van der Waals surface area (Å²) in [7, 11) is -3.64. The molecule has 0 radical (unpaired) electrons. The van der Waals surface area contributed by atoms with Gasteiger partial charge < -0.3 is 5.11 Å². The van der Waals surface area contributed by atoms with E-state index in [-0.39, 0.29) is 14.9 Å². The second kappa shape index (κ2) is 7.13. The molecule has 1 aliphatic heterocycles. The minimum Gasteiger partial charge on any atom is -0.478 e. The highest BCUT2D eigenvalue weighted by molar-refractivity contribution is 9.10. The molecule has 1 atom stereocenters. The van der Waals surface area contributed by atoms with E-state index >= 15 is 0 Å². The summed E-state index contributed by atoms with van der Waals surface area (Å²) < 4.78 is 27.4. The van der Waals surface area contributed by atoms with Gasteiger partial charge in [0.1, 0.15) is 0 Å². The molecule has 1 heterocycles. The standard InChI is InChI=1S/C13H16BrNO4S2/c14-11-7-9(13(16)17)4-5-12(11)21(18,19)15-8-10-3-1-2-6-20-10/h4-5,7,10,15H,1-3,6,8H2,(H,16,17). The van der Waals surface area contributed by atoms with Crippen LogP contribution >= 0.6 is 27.7 Å². The molecular formula is C13H16BrNO4S2. The molecule has 1 aliphatic rings. The molecule has 21 heavy (non-hydrogen) atoms. The smallest absolute Gasteiger partial charge is 0.335 e. The number of thioether (sulfide) groups is 1. The Morgan fingerprint density at radius 2 is 2.19 bits per heavy atom. The van der Waals surface area contributed by atoms with Crippen molar-refractivity contribution in [2.45, 2.75) is 29.4 Å². The zero-order valence-corrected chi connectivity index (χ0v) is 14.4. The van der Waals surface area contributed by atoms with Crippen LogP contribution in [0, 0.1) is 0 Å². The van der Waals surface area contributed by atoms with Gasteiger partial charge in [-0.2, -0.15) is 11.8 Å². The molecule has 2 N–H and O–H groups in total. The molecule has 1 unspecified atom stereocenters. The van der Waals surface area contributed by atoms with Crippen LogP contribution in [0.4, 0.5) is 0 Å². The van der Waals surface area contributed by atoms with Crippen LogP contribution in [0.15, 0.2) is 27.6 Å². The summed E-state index contributed by atoms with van der Waals surface area (Å²) in [5, 5.41) is 9.20. The van der Waals surface area contributed by atoms with Crippen LogP contribution in [0.2, 0.25) is 0 Å². The molecule has 0 saturated carbocycles. The fourth-order valence-corrected chi connectivity index (χ4v) is 5.60.